The van der Waals surface area contributed by atoms with E-state index in [9.17, 15) is 14.9 Å². The maximum Gasteiger partial charge on any atom is 0.303 e. The molecule has 2 heterocycles. The van der Waals surface area contributed by atoms with Gasteiger partial charge in [-0.3, -0.25) is 9.59 Å². The van der Waals surface area contributed by atoms with Crippen LogP contribution in [-0.4, -0.2) is 35.7 Å². The van der Waals surface area contributed by atoms with Gasteiger partial charge in [0.2, 0.25) is 0 Å². The van der Waals surface area contributed by atoms with Gasteiger partial charge in [0.25, 0.3) is 5.91 Å². The van der Waals surface area contributed by atoms with Crippen molar-refractivity contribution in [1.82, 2.24) is 4.98 Å². The number of carboxylic acid groups (broad SMARTS) is 1. The third-order valence-electron chi connectivity index (χ3n) is 4.74. The number of benzene rings is 1. The van der Waals surface area contributed by atoms with Gasteiger partial charge in [-0.05, 0) is 30.5 Å². The molecule has 1 amide bonds. The number of thiophene rings is 1. The van der Waals surface area contributed by atoms with E-state index in [0.717, 1.165) is 11.3 Å². The first-order chi connectivity index (χ1) is 15.3. The summed E-state index contributed by atoms with van der Waals surface area (Å²) in [6.07, 6.45) is 1.06. The number of aliphatic carboxylic acids is 1. The minimum Gasteiger partial charge on any atom is -0.493 e. The summed E-state index contributed by atoms with van der Waals surface area (Å²) in [5.41, 5.74) is 18.8. The number of rotatable bonds is 9. The number of amides is 1. The van der Waals surface area contributed by atoms with Crippen LogP contribution >= 0.6 is 11.3 Å². The summed E-state index contributed by atoms with van der Waals surface area (Å²) in [6, 6.07) is 7.11. The normalized spacial score (nSPS) is 10.6. The molecule has 1 aromatic carbocycles. The molecule has 10 nitrogen and oxygen atoms in total. The molecule has 0 aliphatic heterocycles. The van der Waals surface area contributed by atoms with E-state index in [1.165, 1.54) is 7.11 Å². The highest BCUT2D eigenvalue weighted by Gasteiger charge is 2.24. The fraction of sp³-hybridized carbons (Fsp3) is 0.238. The number of carboxylic acids is 1. The smallest absolute Gasteiger partial charge is 0.303 e. The van der Waals surface area contributed by atoms with Crippen molar-refractivity contribution in [2.75, 3.05) is 25.2 Å². The highest BCUT2D eigenvalue weighted by atomic mass is 32.1. The van der Waals surface area contributed by atoms with Gasteiger partial charge in [0.15, 0.2) is 11.5 Å². The van der Waals surface area contributed by atoms with Crippen LogP contribution in [0, 0.1) is 11.3 Å². The molecule has 0 spiro atoms. The van der Waals surface area contributed by atoms with Crippen molar-refractivity contribution in [3.63, 3.8) is 0 Å². The van der Waals surface area contributed by atoms with Gasteiger partial charge < -0.3 is 31.8 Å². The number of nitrogens with zero attached hydrogens (tertiary/aromatic N) is 2. The van der Waals surface area contributed by atoms with Crippen LogP contribution in [0.25, 0.3) is 21.3 Å². The summed E-state index contributed by atoms with van der Waals surface area (Å²) in [7, 11) is 1.49. The molecular weight excluding hydrogens is 434 g/mol. The molecule has 2 aromatic heterocycles. The maximum absolute atomic E-state index is 11.8. The zero-order valence-corrected chi connectivity index (χ0v) is 18.0. The molecule has 0 fully saturated rings. The Labute approximate surface area is 187 Å². The van der Waals surface area contributed by atoms with Crippen LogP contribution in [-0.2, 0) is 4.79 Å². The zero-order chi connectivity index (χ0) is 23.4. The molecule has 166 valence electrons. The molecule has 32 heavy (non-hydrogen) atoms. The minimum atomic E-state index is -0.864. The first kappa shape index (κ1) is 22.6. The molecule has 7 N–H and O–H groups in total. The number of ether oxygens (including phenoxy) is 2. The zero-order valence-electron chi connectivity index (χ0n) is 17.2. The van der Waals surface area contributed by atoms with Gasteiger partial charge in [-0.2, -0.15) is 5.26 Å². The molecule has 0 aliphatic rings. The Hall–Kier alpha value is -4.04. The van der Waals surface area contributed by atoms with Crippen molar-refractivity contribution in [3.8, 4) is 28.7 Å². The van der Waals surface area contributed by atoms with Crippen molar-refractivity contribution in [2.45, 2.75) is 19.3 Å². The molecule has 0 radical (unpaired) electrons. The van der Waals surface area contributed by atoms with Crippen molar-refractivity contribution in [1.29, 1.82) is 5.26 Å². The predicted octanol–water partition coefficient (Wildman–Crippen LogP) is 2.74. The van der Waals surface area contributed by atoms with E-state index in [2.05, 4.69) is 11.1 Å². The molecule has 0 atom stereocenters. The Morgan fingerprint density at radius 3 is 2.62 bits per heavy atom. The maximum atomic E-state index is 11.8. The number of nitriles is 1. The average molecular weight is 455 g/mol. The largest absolute Gasteiger partial charge is 0.493 e. The lowest BCUT2D eigenvalue weighted by atomic mass is 9.97. The van der Waals surface area contributed by atoms with Gasteiger partial charge in [0.05, 0.1) is 19.4 Å². The number of nitrogen functional groups attached to an aromatic ring is 2. The number of carbonyl (C=O) groups excluding carboxylic acids is 1. The summed E-state index contributed by atoms with van der Waals surface area (Å²) in [5, 5.41) is 18.9. The monoisotopic (exact) mass is 455 g/mol. The van der Waals surface area contributed by atoms with Gasteiger partial charge >= 0.3 is 5.97 Å². The van der Waals surface area contributed by atoms with E-state index < -0.39 is 11.9 Å². The topological polar surface area (TPSA) is 188 Å². The number of anilines is 2. The number of aromatic nitrogens is 1. The molecule has 0 saturated carbocycles. The number of methoxy groups -OCH3 is 1. The highest BCUT2D eigenvalue weighted by Crippen LogP contribution is 2.44. The van der Waals surface area contributed by atoms with Crippen LogP contribution in [0.3, 0.4) is 0 Å². The molecule has 3 rings (SSSR count). The van der Waals surface area contributed by atoms with E-state index in [4.69, 9.17) is 31.8 Å². The number of hydrogen-bond acceptors (Lipinski definition) is 9. The Bertz CT molecular complexity index is 1250. The quantitative estimate of drug-likeness (QED) is 0.352. The van der Waals surface area contributed by atoms with Gasteiger partial charge in [0, 0.05) is 17.4 Å². The third-order valence-corrected chi connectivity index (χ3v) is 5.85. The van der Waals surface area contributed by atoms with Crippen molar-refractivity contribution >= 4 is 44.9 Å². The first-order valence-corrected chi connectivity index (χ1v) is 10.3. The first-order valence-electron chi connectivity index (χ1n) is 9.52. The Balaban J connectivity index is 2.10. The second-order valence-corrected chi connectivity index (χ2v) is 7.81. The molecule has 11 heteroatoms. The standard InChI is InChI=1S/C21H21N5O5S/c1-30-12-6-5-10(8-13(12)31-7-3-2-4-14(27)28)15-11(9-22)19(24)26-21-16(15)17(23)18(32-21)20(25)29/h5-6,8H,2-4,7,23H2,1H3,(H2,24,26)(H2,25,29)(H,27,28). The lowest BCUT2D eigenvalue weighted by Gasteiger charge is -2.14. The molecule has 0 aliphatic carbocycles. The Morgan fingerprint density at radius 1 is 1.25 bits per heavy atom. The van der Waals surface area contributed by atoms with Crippen LogP contribution < -0.4 is 26.7 Å². The number of pyridine rings is 1. The fourth-order valence-electron chi connectivity index (χ4n) is 3.26. The molecular formula is C21H21N5O5S. The summed E-state index contributed by atoms with van der Waals surface area (Å²) in [6.45, 7) is 0.276. The molecule has 0 saturated heterocycles. The second kappa shape index (κ2) is 9.40. The van der Waals surface area contributed by atoms with Crippen LogP contribution in [0.1, 0.15) is 34.5 Å². The summed E-state index contributed by atoms with van der Waals surface area (Å²) < 4.78 is 11.2. The number of nitrogens with two attached hydrogens (primary N) is 3. The summed E-state index contributed by atoms with van der Waals surface area (Å²) in [5.74, 6) is -0.707. The number of carbonyl (C=O) groups is 2. The lowest BCUT2D eigenvalue weighted by Crippen LogP contribution is -2.10. The SMILES string of the molecule is COc1ccc(-c2c(C#N)c(N)nc3sc(C(N)=O)c(N)c23)cc1OCCCCC(=O)O. The lowest BCUT2D eigenvalue weighted by molar-refractivity contribution is -0.137. The summed E-state index contributed by atoms with van der Waals surface area (Å²) >= 11 is 1.00. The minimum absolute atomic E-state index is 0.000715. The van der Waals surface area contributed by atoms with E-state index in [1.54, 1.807) is 18.2 Å². The number of primary amides is 1. The molecule has 0 unspecified atom stereocenters. The number of unbranched alkanes of at least 4 members (excludes halogenated alkanes) is 1. The second-order valence-electron chi connectivity index (χ2n) is 6.81. The van der Waals surface area contributed by atoms with Crippen LogP contribution in [0.5, 0.6) is 11.5 Å². The predicted molar refractivity (Wildman–Crippen MR) is 121 cm³/mol. The molecule has 3 aromatic rings. The van der Waals surface area contributed by atoms with Gasteiger partial charge in [-0.15, -0.1) is 11.3 Å². The van der Waals surface area contributed by atoms with Gasteiger partial charge in [0.1, 0.15) is 27.2 Å². The number of hydrogen-bond donors (Lipinski definition) is 4. The fourth-order valence-corrected chi connectivity index (χ4v) is 4.22. The van der Waals surface area contributed by atoms with Crippen LogP contribution in [0.15, 0.2) is 18.2 Å². The molecule has 0 bridgehead atoms. The highest BCUT2D eigenvalue weighted by molar-refractivity contribution is 7.21. The Kier molecular flexibility index (Phi) is 6.65. The van der Waals surface area contributed by atoms with Gasteiger partial charge in [-0.25, -0.2) is 4.98 Å². The van der Waals surface area contributed by atoms with E-state index >= 15 is 0 Å². The van der Waals surface area contributed by atoms with Crippen LogP contribution in [0.4, 0.5) is 11.5 Å². The average Bonchev–Trinajstić information content (AvgIpc) is 3.08. The number of fused-ring (bicyclic) bond motifs is 1. The van der Waals surface area contributed by atoms with E-state index in [0.29, 0.717) is 45.7 Å². The third kappa shape index (κ3) is 4.35. The van der Waals surface area contributed by atoms with Gasteiger partial charge in [-0.1, -0.05) is 6.07 Å². The summed E-state index contributed by atoms with van der Waals surface area (Å²) in [4.78, 5) is 27.2. The van der Waals surface area contributed by atoms with Crippen molar-refractivity contribution in [3.05, 3.63) is 28.6 Å². The van der Waals surface area contributed by atoms with Crippen molar-refractivity contribution in [2.24, 2.45) is 5.73 Å². The van der Waals surface area contributed by atoms with Crippen LogP contribution in [0.2, 0.25) is 0 Å². The van der Waals surface area contributed by atoms with E-state index in [1.807, 2.05) is 0 Å². The van der Waals surface area contributed by atoms with Crippen molar-refractivity contribution < 1.29 is 24.2 Å². The Morgan fingerprint density at radius 2 is 2.00 bits per heavy atom. The van der Waals surface area contributed by atoms with E-state index in [-0.39, 0.29) is 35.0 Å².